The van der Waals surface area contributed by atoms with Crippen molar-refractivity contribution in [3.8, 4) is 11.3 Å². The highest BCUT2D eigenvalue weighted by atomic mass is 35.5. The summed E-state index contributed by atoms with van der Waals surface area (Å²) in [5.41, 5.74) is 8.51. The molecule has 0 aliphatic rings. The van der Waals surface area contributed by atoms with Gasteiger partial charge in [-0.2, -0.15) is 0 Å². The predicted octanol–water partition coefficient (Wildman–Crippen LogP) is 3.55. The lowest BCUT2D eigenvalue weighted by Gasteiger charge is -2.11. The first-order chi connectivity index (χ1) is 13.9. The number of amides is 2. The van der Waals surface area contributed by atoms with Crippen molar-refractivity contribution in [2.24, 2.45) is 5.73 Å². The van der Waals surface area contributed by atoms with Crippen LogP contribution in [-0.2, 0) is 0 Å². The molecule has 3 rings (SSSR count). The average molecular weight is 413 g/mol. The third kappa shape index (κ3) is 4.47. The first-order valence-corrected chi connectivity index (χ1v) is 9.41. The molecule has 0 saturated carbocycles. The van der Waals surface area contributed by atoms with Gasteiger partial charge in [-0.05, 0) is 43.7 Å². The van der Waals surface area contributed by atoms with Gasteiger partial charge in [-0.15, -0.1) is 0 Å². The van der Waals surface area contributed by atoms with E-state index in [0.717, 1.165) is 5.56 Å². The average Bonchev–Trinajstić information content (AvgIpc) is 3.09. The molecule has 0 bridgehead atoms. The summed E-state index contributed by atoms with van der Waals surface area (Å²) in [6.45, 7) is 4.24. The lowest BCUT2D eigenvalue weighted by molar-refractivity contribution is 0.0954. The van der Waals surface area contributed by atoms with Gasteiger partial charge in [-0.25, -0.2) is 0 Å². The fourth-order valence-corrected chi connectivity index (χ4v) is 3.12. The number of carbonyl (C=O) groups excluding carboxylic acids is 2. The molecule has 3 aromatic rings. The van der Waals surface area contributed by atoms with E-state index in [1.54, 1.807) is 43.3 Å². The Kier molecular flexibility index (Phi) is 6.31. The van der Waals surface area contributed by atoms with Crippen LogP contribution in [0.5, 0.6) is 0 Å². The van der Waals surface area contributed by atoms with Crippen LogP contribution in [-0.4, -0.2) is 30.1 Å². The maximum Gasteiger partial charge on any atom is 0.261 e. The number of nitrogens with one attached hydrogen (secondary N) is 2. The number of hydrogen-bond donors (Lipinski definition) is 3. The summed E-state index contributed by atoms with van der Waals surface area (Å²) in [7, 11) is 0. The monoisotopic (exact) mass is 412 g/mol. The van der Waals surface area contributed by atoms with Crippen molar-refractivity contribution < 1.29 is 14.1 Å². The molecule has 1 heterocycles. The fraction of sp³-hybridized carbons (Fsp3) is 0.190. The minimum Gasteiger partial charge on any atom is -0.360 e. The molecular weight excluding hydrogens is 392 g/mol. The van der Waals surface area contributed by atoms with Crippen molar-refractivity contribution in [1.29, 1.82) is 0 Å². The van der Waals surface area contributed by atoms with Crippen molar-refractivity contribution in [2.75, 3.05) is 18.4 Å². The van der Waals surface area contributed by atoms with Gasteiger partial charge in [-0.1, -0.05) is 35.0 Å². The Balaban J connectivity index is 1.86. The lowest BCUT2D eigenvalue weighted by atomic mass is 10.0. The number of halogens is 1. The number of carbonyl (C=O) groups is 2. The van der Waals surface area contributed by atoms with Gasteiger partial charge in [-0.3, -0.25) is 9.59 Å². The summed E-state index contributed by atoms with van der Waals surface area (Å²) in [5, 5.41) is 10.1. The van der Waals surface area contributed by atoms with Crippen LogP contribution in [0.25, 0.3) is 11.3 Å². The Bertz CT molecular complexity index is 1060. The van der Waals surface area contributed by atoms with Gasteiger partial charge in [0.15, 0.2) is 0 Å². The molecule has 0 atom stereocenters. The van der Waals surface area contributed by atoms with E-state index in [9.17, 15) is 9.59 Å². The van der Waals surface area contributed by atoms with Crippen molar-refractivity contribution in [3.63, 3.8) is 0 Å². The SMILES string of the molecule is Cc1cc(C(=O)NCCN)ccc1NC(=O)c1c(-c2ccccc2Cl)noc1C. The Hall–Kier alpha value is -3.16. The molecule has 0 unspecified atom stereocenters. The molecule has 0 fully saturated rings. The highest BCUT2D eigenvalue weighted by Crippen LogP contribution is 2.31. The zero-order valence-corrected chi connectivity index (χ0v) is 16.8. The van der Waals surface area contributed by atoms with Crippen LogP contribution in [0.3, 0.4) is 0 Å². The molecule has 2 amide bonds. The van der Waals surface area contributed by atoms with E-state index < -0.39 is 0 Å². The van der Waals surface area contributed by atoms with Gasteiger partial charge < -0.3 is 20.9 Å². The zero-order valence-electron chi connectivity index (χ0n) is 16.1. The summed E-state index contributed by atoms with van der Waals surface area (Å²) in [6.07, 6.45) is 0. The molecule has 1 aromatic heterocycles. The highest BCUT2D eigenvalue weighted by molar-refractivity contribution is 6.33. The molecule has 29 heavy (non-hydrogen) atoms. The third-order valence-electron chi connectivity index (χ3n) is 4.39. The van der Waals surface area contributed by atoms with E-state index in [1.165, 1.54) is 0 Å². The second-order valence-corrected chi connectivity index (χ2v) is 6.88. The van der Waals surface area contributed by atoms with E-state index >= 15 is 0 Å². The standard InChI is InChI=1S/C21H21ClN4O3/c1-12-11-14(20(27)24-10-9-23)7-8-17(12)25-21(28)18-13(2)29-26-19(18)15-5-3-4-6-16(15)22/h3-8,11H,9-10,23H2,1-2H3,(H,24,27)(H,25,28). The summed E-state index contributed by atoms with van der Waals surface area (Å²) in [6, 6.07) is 12.1. The van der Waals surface area contributed by atoms with Gasteiger partial charge >= 0.3 is 0 Å². The normalized spacial score (nSPS) is 10.6. The van der Waals surface area contributed by atoms with Crippen LogP contribution < -0.4 is 16.4 Å². The van der Waals surface area contributed by atoms with E-state index in [4.69, 9.17) is 21.9 Å². The number of aromatic nitrogens is 1. The second-order valence-electron chi connectivity index (χ2n) is 6.47. The Morgan fingerprint density at radius 1 is 1.14 bits per heavy atom. The summed E-state index contributed by atoms with van der Waals surface area (Å²) >= 11 is 6.25. The molecule has 0 spiro atoms. The quantitative estimate of drug-likeness (QED) is 0.573. The number of benzene rings is 2. The minimum absolute atomic E-state index is 0.215. The van der Waals surface area contributed by atoms with E-state index in [-0.39, 0.29) is 11.8 Å². The Labute approximate surface area is 173 Å². The molecule has 7 nitrogen and oxygen atoms in total. The van der Waals surface area contributed by atoms with Crippen LogP contribution in [0, 0.1) is 13.8 Å². The van der Waals surface area contributed by atoms with Gasteiger partial charge in [0.05, 0.1) is 5.02 Å². The van der Waals surface area contributed by atoms with Crippen LogP contribution >= 0.6 is 11.6 Å². The van der Waals surface area contributed by atoms with Crippen molar-refractivity contribution in [2.45, 2.75) is 13.8 Å². The van der Waals surface area contributed by atoms with Gasteiger partial charge in [0.1, 0.15) is 17.0 Å². The van der Waals surface area contributed by atoms with E-state index in [2.05, 4.69) is 15.8 Å². The fourth-order valence-electron chi connectivity index (χ4n) is 2.89. The smallest absolute Gasteiger partial charge is 0.261 e. The van der Waals surface area contributed by atoms with E-state index in [1.807, 2.05) is 13.0 Å². The number of nitrogens with two attached hydrogens (primary N) is 1. The largest absolute Gasteiger partial charge is 0.360 e. The Morgan fingerprint density at radius 2 is 1.90 bits per heavy atom. The molecule has 2 aromatic carbocycles. The lowest BCUT2D eigenvalue weighted by Crippen LogP contribution is -2.29. The summed E-state index contributed by atoms with van der Waals surface area (Å²) in [4.78, 5) is 25.0. The first-order valence-electron chi connectivity index (χ1n) is 9.03. The van der Waals surface area contributed by atoms with Crippen LogP contribution in [0.4, 0.5) is 5.69 Å². The molecular formula is C21H21ClN4O3. The summed E-state index contributed by atoms with van der Waals surface area (Å²) in [5.74, 6) is -0.206. The van der Waals surface area contributed by atoms with Gasteiger partial charge in [0.2, 0.25) is 0 Å². The second kappa shape index (κ2) is 8.89. The molecule has 0 aliphatic carbocycles. The van der Waals surface area contributed by atoms with Crippen molar-refractivity contribution >= 4 is 29.1 Å². The number of anilines is 1. The molecule has 0 saturated heterocycles. The van der Waals surface area contributed by atoms with Crippen molar-refractivity contribution in [3.05, 3.63) is 69.9 Å². The zero-order chi connectivity index (χ0) is 21.0. The van der Waals surface area contributed by atoms with Crippen LogP contribution in [0.15, 0.2) is 47.0 Å². The molecule has 0 radical (unpaired) electrons. The molecule has 4 N–H and O–H groups in total. The Morgan fingerprint density at radius 3 is 2.59 bits per heavy atom. The van der Waals surface area contributed by atoms with Gasteiger partial charge in [0.25, 0.3) is 11.8 Å². The number of nitrogens with zero attached hydrogens (tertiary/aromatic N) is 1. The maximum absolute atomic E-state index is 13.0. The molecule has 150 valence electrons. The highest BCUT2D eigenvalue weighted by Gasteiger charge is 2.23. The van der Waals surface area contributed by atoms with Crippen molar-refractivity contribution in [1.82, 2.24) is 10.5 Å². The summed E-state index contributed by atoms with van der Waals surface area (Å²) < 4.78 is 5.25. The number of hydrogen-bond acceptors (Lipinski definition) is 5. The van der Waals surface area contributed by atoms with Crippen LogP contribution in [0.1, 0.15) is 32.0 Å². The number of aryl methyl sites for hydroxylation is 2. The minimum atomic E-state index is -0.373. The molecule has 0 aliphatic heterocycles. The van der Waals surface area contributed by atoms with E-state index in [0.29, 0.717) is 51.9 Å². The topological polar surface area (TPSA) is 110 Å². The first kappa shape index (κ1) is 20.6. The number of rotatable bonds is 6. The maximum atomic E-state index is 13.0. The predicted molar refractivity (Wildman–Crippen MR) is 112 cm³/mol. The molecule has 8 heteroatoms. The third-order valence-corrected chi connectivity index (χ3v) is 4.72. The van der Waals surface area contributed by atoms with Gasteiger partial charge in [0, 0.05) is 29.9 Å². The van der Waals surface area contributed by atoms with Crippen LogP contribution in [0.2, 0.25) is 5.02 Å².